The molecule has 0 spiro atoms. The Morgan fingerprint density at radius 1 is 1.03 bits per heavy atom. The average molecular weight is 470 g/mol. The number of aliphatic hydroxyl groups excluding tert-OH is 1. The first-order valence-corrected chi connectivity index (χ1v) is 11.3. The lowest BCUT2D eigenvalue weighted by Gasteiger charge is -2.28. The molecule has 0 radical (unpaired) electrons. The fraction of sp³-hybridized carbons (Fsp3) is 0.667. The lowest BCUT2D eigenvalue weighted by Crippen LogP contribution is -2.39. The van der Waals surface area contributed by atoms with Gasteiger partial charge in [-0.15, -0.1) is 0 Å². The third-order valence-electron chi connectivity index (χ3n) is 5.64. The first-order chi connectivity index (χ1) is 15.5. The molecule has 33 heavy (non-hydrogen) atoms. The van der Waals surface area contributed by atoms with Crippen molar-refractivity contribution in [2.24, 2.45) is 23.5 Å². The molecule has 1 rings (SSSR count). The van der Waals surface area contributed by atoms with Gasteiger partial charge in [-0.25, -0.2) is 4.79 Å². The minimum atomic E-state index is -1.07. The van der Waals surface area contributed by atoms with E-state index in [-0.39, 0.29) is 18.3 Å². The summed E-state index contributed by atoms with van der Waals surface area (Å²) in [5.74, 6) is -1.46. The Morgan fingerprint density at radius 2 is 1.73 bits per heavy atom. The van der Waals surface area contributed by atoms with Crippen molar-refractivity contribution < 1.29 is 39.1 Å². The third kappa shape index (κ3) is 10.9. The van der Waals surface area contributed by atoms with Gasteiger partial charge < -0.3 is 35.3 Å². The number of rotatable bonds is 17. The molecular formula is C24H39NO8. The van der Waals surface area contributed by atoms with Crippen LogP contribution in [0.3, 0.4) is 0 Å². The molecule has 0 amide bonds. The fourth-order valence-corrected chi connectivity index (χ4v) is 3.47. The first-order valence-electron chi connectivity index (χ1n) is 11.3. The van der Waals surface area contributed by atoms with Crippen molar-refractivity contribution in [3.05, 3.63) is 23.8 Å². The maximum absolute atomic E-state index is 11.1. The molecule has 5 N–H and O–H groups in total. The monoisotopic (exact) mass is 469 g/mol. The van der Waals surface area contributed by atoms with Crippen molar-refractivity contribution >= 4 is 11.9 Å². The van der Waals surface area contributed by atoms with Gasteiger partial charge in [0, 0.05) is 26.2 Å². The molecule has 0 heterocycles. The van der Waals surface area contributed by atoms with Gasteiger partial charge in [-0.3, -0.25) is 4.79 Å². The molecule has 188 valence electrons. The van der Waals surface area contributed by atoms with Crippen LogP contribution in [-0.4, -0.2) is 66.3 Å². The summed E-state index contributed by atoms with van der Waals surface area (Å²) in [7, 11) is 1.61. The second-order valence-corrected chi connectivity index (χ2v) is 8.81. The molecule has 0 bridgehead atoms. The summed E-state index contributed by atoms with van der Waals surface area (Å²) in [6.07, 6.45) is 1.09. The Balaban J connectivity index is 2.91. The molecule has 0 saturated carbocycles. The molecule has 0 saturated heterocycles. The van der Waals surface area contributed by atoms with Gasteiger partial charge in [0.25, 0.3) is 0 Å². The van der Waals surface area contributed by atoms with E-state index in [1.165, 1.54) is 0 Å². The normalized spacial score (nSPS) is 15.0. The van der Waals surface area contributed by atoms with Crippen LogP contribution in [0.1, 0.15) is 45.6 Å². The highest BCUT2D eigenvalue weighted by atomic mass is 16.5. The zero-order chi connectivity index (χ0) is 25.0. The van der Waals surface area contributed by atoms with E-state index in [2.05, 4.69) is 13.8 Å². The van der Waals surface area contributed by atoms with Crippen LogP contribution in [0, 0.1) is 17.8 Å². The number of hydrogen-bond acceptors (Lipinski definition) is 7. The molecule has 9 nitrogen and oxygen atoms in total. The maximum atomic E-state index is 11.1. The van der Waals surface area contributed by atoms with Crippen molar-refractivity contribution in [2.45, 2.75) is 58.6 Å². The Labute approximate surface area is 195 Å². The van der Waals surface area contributed by atoms with E-state index in [1.807, 2.05) is 12.1 Å². The SMILES string of the molecule is COCCCOc1cc(CC(CC(N)C(O)CC(C)C(=O)O)C(C)C)ccc1OCC(=O)O. The quantitative estimate of drug-likeness (QED) is 0.253. The van der Waals surface area contributed by atoms with Gasteiger partial charge in [0.2, 0.25) is 0 Å². The maximum Gasteiger partial charge on any atom is 0.341 e. The van der Waals surface area contributed by atoms with E-state index in [1.54, 1.807) is 20.1 Å². The molecule has 1 aromatic rings. The fourth-order valence-electron chi connectivity index (χ4n) is 3.47. The molecule has 0 aliphatic heterocycles. The number of carboxylic acids is 2. The number of benzene rings is 1. The van der Waals surface area contributed by atoms with E-state index < -0.39 is 36.6 Å². The van der Waals surface area contributed by atoms with E-state index in [0.717, 1.165) is 5.56 Å². The third-order valence-corrected chi connectivity index (χ3v) is 5.64. The summed E-state index contributed by atoms with van der Waals surface area (Å²) in [4.78, 5) is 22.0. The van der Waals surface area contributed by atoms with Crippen LogP contribution >= 0.6 is 0 Å². The van der Waals surface area contributed by atoms with Gasteiger partial charge in [0.05, 0.1) is 18.6 Å². The second kappa shape index (κ2) is 14.7. The summed E-state index contributed by atoms with van der Waals surface area (Å²) in [5, 5.41) is 28.4. The number of nitrogens with two attached hydrogens (primary N) is 1. The van der Waals surface area contributed by atoms with E-state index in [9.17, 15) is 14.7 Å². The molecule has 1 aromatic carbocycles. The second-order valence-electron chi connectivity index (χ2n) is 8.81. The van der Waals surface area contributed by atoms with Crippen molar-refractivity contribution in [1.82, 2.24) is 0 Å². The summed E-state index contributed by atoms with van der Waals surface area (Å²) in [6.45, 7) is 6.19. The van der Waals surface area contributed by atoms with Gasteiger partial charge >= 0.3 is 11.9 Å². The summed E-state index contributed by atoms with van der Waals surface area (Å²) in [6, 6.07) is 4.86. The van der Waals surface area contributed by atoms with Crippen LogP contribution in [0.5, 0.6) is 11.5 Å². The van der Waals surface area contributed by atoms with Crippen LogP contribution < -0.4 is 15.2 Å². The van der Waals surface area contributed by atoms with E-state index in [4.69, 9.17) is 30.2 Å². The minimum Gasteiger partial charge on any atom is -0.490 e. The van der Waals surface area contributed by atoms with Crippen molar-refractivity contribution in [3.63, 3.8) is 0 Å². The molecule has 0 aromatic heterocycles. The molecule has 4 unspecified atom stereocenters. The Bertz CT molecular complexity index is 739. The standard InChI is InChI=1S/C24H39NO8/c1-15(2)18(13-19(25)20(26)10-16(3)24(29)30)11-17-6-7-21(33-14-23(27)28)22(12-17)32-9-5-8-31-4/h6-7,12,15-16,18-20,26H,5,8-11,13-14,25H2,1-4H3,(H,27,28)(H,29,30). The van der Waals surface area contributed by atoms with Gasteiger partial charge in [0.1, 0.15) is 0 Å². The highest BCUT2D eigenvalue weighted by molar-refractivity contribution is 5.69. The number of aliphatic carboxylic acids is 2. The number of ether oxygens (including phenoxy) is 3. The predicted octanol–water partition coefficient (Wildman–Crippen LogP) is 2.57. The zero-order valence-corrected chi connectivity index (χ0v) is 20.0. The Morgan fingerprint density at radius 3 is 2.30 bits per heavy atom. The predicted molar refractivity (Wildman–Crippen MR) is 124 cm³/mol. The van der Waals surface area contributed by atoms with Crippen LogP contribution in [0.25, 0.3) is 0 Å². The average Bonchev–Trinajstić information content (AvgIpc) is 2.75. The van der Waals surface area contributed by atoms with E-state index >= 15 is 0 Å². The number of carbonyl (C=O) groups is 2. The van der Waals surface area contributed by atoms with E-state index in [0.29, 0.717) is 44.0 Å². The van der Waals surface area contributed by atoms with Crippen LogP contribution in [-0.2, 0) is 20.7 Å². The Kier molecular flexibility index (Phi) is 12.8. The molecular weight excluding hydrogens is 430 g/mol. The largest absolute Gasteiger partial charge is 0.490 e. The first kappa shape index (κ1) is 28.7. The van der Waals surface area contributed by atoms with Crippen molar-refractivity contribution in [1.29, 1.82) is 0 Å². The van der Waals surface area contributed by atoms with Gasteiger partial charge in [-0.1, -0.05) is 26.8 Å². The number of carboxylic acid groups (broad SMARTS) is 2. The van der Waals surface area contributed by atoms with Crippen LogP contribution in [0.15, 0.2) is 18.2 Å². The highest BCUT2D eigenvalue weighted by Crippen LogP contribution is 2.32. The zero-order valence-electron chi connectivity index (χ0n) is 20.0. The summed E-state index contributed by atoms with van der Waals surface area (Å²) in [5.41, 5.74) is 7.19. The van der Waals surface area contributed by atoms with Crippen molar-refractivity contribution in [3.8, 4) is 11.5 Å². The lowest BCUT2D eigenvalue weighted by molar-refractivity contribution is -0.142. The molecule has 4 atom stereocenters. The Hall–Kier alpha value is -2.36. The molecule has 0 aliphatic carbocycles. The van der Waals surface area contributed by atoms with Gasteiger partial charge in [0.15, 0.2) is 18.1 Å². The van der Waals surface area contributed by atoms with Gasteiger partial charge in [-0.2, -0.15) is 0 Å². The number of hydrogen-bond donors (Lipinski definition) is 4. The molecule has 0 aliphatic rings. The van der Waals surface area contributed by atoms with Gasteiger partial charge in [-0.05, 0) is 48.8 Å². The van der Waals surface area contributed by atoms with Crippen molar-refractivity contribution in [2.75, 3.05) is 26.9 Å². The minimum absolute atomic E-state index is 0.108. The smallest absolute Gasteiger partial charge is 0.341 e. The van der Waals surface area contributed by atoms with Crippen LogP contribution in [0.2, 0.25) is 0 Å². The summed E-state index contributed by atoms with van der Waals surface area (Å²) >= 11 is 0. The number of methoxy groups -OCH3 is 1. The topological polar surface area (TPSA) is 149 Å². The summed E-state index contributed by atoms with van der Waals surface area (Å²) < 4.78 is 16.2. The molecule has 0 fully saturated rings. The molecule has 9 heteroatoms. The lowest BCUT2D eigenvalue weighted by atomic mass is 9.82. The number of aliphatic hydroxyl groups is 1. The highest BCUT2D eigenvalue weighted by Gasteiger charge is 2.26. The van der Waals surface area contributed by atoms with Crippen LogP contribution in [0.4, 0.5) is 0 Å².